The average molecular weight is 236 g/mol. The van der Waals surface area contributed by atoms with Crippen molar-refractivity contribution in [3.63, 3.8) is 0 Å². The lowest BCUT2D eigenvalue weighted by atomic mass is 10.2. The summed E-state index contributed by atoms with van der Waals surface area (Å²) in [6, 6.07) is 6.99. The van der Waals surface area contributed by atoms with E-state index in [1.165, 1.54) is 0 Å². The Kier molecular flexibility index (Phi) is 4.21. The van der Waals surface area contributed by atoms with Gasteiger partial charge in [0.2, 0.25) is 5.91 Å². The fraction of sp³-hybridized carbons (Fsp3) is 0.182. The Bertz CT molecular complexity index is 442. The van der Waals surface area contributed by atoms with E-state index in [2.05, 4.69) is 0 Å². The van der Waals surface area contributed by atoms with Crippen LogP contribution in [0.5, 0.6) is 0 Å². The van der Waals surface area contributed by atoms with Gasteiger partial charge in [0, 0.05) is 5.56 Å². The van der Waals surface area contributed by atoms with Crippen molar-refractivity contribution in [2.45, 2.75) is 12.5 Å². The lowest BCUT2D eigenvalue weighted by Gasteiger charge is -2.11. The molecule has 1 aromatic rings. The Morgan fingerprint density at radius 1 is 1.41 bits per heavy atom. The molecule has 1 atom stereocenters. The van der Waals surface area contributed by atoms with Crippen molar-refractivity contribution in [3.8, 4) is 0 Å². The van der Waals surface area contributed by atoms with E-state index in [1.54, 1.807) is 30.3 Å². The molecule has 0 heterocycles. The Morgan fingerprint density at radius 3 is 2.47 bits per heavy atom. The van der Waals surface area contributed by atoms with Crippen LogP contribution in [0.1, 0.15) is 12.0 Å². The summed E-state index contributed by atoms with van der Waals surface area (Å²) in [5.41, 5.74) is 5.43. The molecule has 0 fully saturated rings. The van der Waals surface area contributed by atoms with Gasteiger partial charge in [-0.05, 0) is 12.1 Å². The molecule has 0 aromatic heterocycles. The van der Waals surface area contributed by atoms with Crippen LogP contribution in [0.2, 0.25) is 0 Å². The molecular weight excluding hydrogens is 224 g/mol. The number of carbonyl (C=O) groups excluding carboxylic acids is 1. The second-order valence-corrected chi connectivity index (χ2v) is 3.42. The first kappa shape index (κ1) is 12.7. The first-order valence-corrected chi connectivity index (χ1v) is 4.87. The van der Waals surface area contributed by atoms with Crippen molar-refractivity contribution in [1.82, 2.24) is 0 Å². The third kappa shape index (κ3) is 3.94. The second kappa shape index (κ2) is 5.64. The lowest BCUT2D eigenvalue weighted by Crippen LogP contribution is -2.35. The largest absolute Gasteiger partial charge is 0.623 e. The highest BCUT2D eigenvalue weighted by Crippen LogP contribution is 2.00. The number of hydrogen-bond donors (Lipinski definition) is 2. The number of amides is 1. The van der Waals surface area contributed by atoms with Crippen molar-refractivity contribution >= 4 is 18.1 Å². The number of hydroxylamine groups is 1. The highest BCUT2D eigenvalue weighted by molar-refractivity contribution is 5.83. The molecule has 0 bridgehead atoms. The summed E-state index contributed by atoms with van der Waals surface area (Å²) in [5.74, 6) is -2.22. The van der Waals surface area contributed by atoms with E-state index in [1.807, 2.05) is 0 Å². The van der Waals surface area contributed by atoms with Crippen molar-refractivity contribution in [2.24, 2.45) is 5.73 Å². The van der Waals surface area contributed by atoms with Crippen molar-refractivity contribution < 1.29 is 19.4 Å². The maximum atomic E-state index is 11.6. The van der Waals surface area contributed by atoms with Gasteiger partial charge in [0.1, 0.15) is 6.42 Å². The van der Waals surface area contributed by atoms with Gasteiger partial charge in [-0.1, -0.05) is 18.2 Å². The van der Waals surface area contributed by atoms with Gasteiger partial charge in [0.15, 0.2) is 6.21 Å². The van der Waals surface area contributed by atoms with Crippen LogP contribution in [0.3, 0.4) is 0 Å². The number of nitrogens with two attached hydrogens (primary N) is 1. The molecule has 1 amide bonds. The third-order valence-electron chi connectivity index (χ3n) is 2.06. The zero-order valence-corrected chi connectivity index (χ0v) is 8.95. The molecule has 0 spiro atoms. The molecule has 0 aliphatic carbocycles. The first-order chi connectivity index (χ1) is 8.00. The van der Waals surface area contributed by atoms with Gasteiger partial charge in [-0.2, -0.15) is 4.74 Å². The number of carbonyl (C=O) groups is 2. The van der Waals surface area contributed by atoms with Crippen LogP contribution in [0.25, 0.3) is 0 Å². The van der Waals surface area contributed by atoms with Crippen LogP contribution in [0.15, 0.2) is 30.3 Å². The zero-order chi connectivity index (χ0) is 12.8. The molecule has 0 aliphatic rings. The summed E-state index contributed by atoms with van der Waals surface area (Å²) in [4.78, 5) is 21.4. The van der Waals surface area contributed by atoms with Crippen molar-refractivity contribution in [2.75, 3.05) is 0 Å². The number of primary amides is 1. The molecule has 0 saturated heterocycles. The molecule has 6 nitrogen and oxygen atoms in total. The summed E-state index contributed by atoms with van der Waals surface area (Å²) in [5, 5.41) is 20.4. The second-order valence-electron chi connectivity index (χ2n) is 3.42. The van der Waals surface area contributed by atoms with Gasteiger partial charge in [0.05, 0.1) is 0 Å². The maximum Gasteiger partial charge on any atom is 0.374 e. The van der Waals surface area contributed by atoms with Crippen LogP contribution in [0.4, 0.5) is 0 Å². The molecule has 0 saturated carbocycles. The molecule has 3 N–H and O–H groups in total. The summed E-state index contributed by atoms with van der Waals surface area (Å²) >= 11 is 0. The molecule has 1 aromatic carbocycles. The Hall–Kier alpha value is -2.37. The van der Waals surface area contributed by atoms with Gasteiger partial charge in [-0.3, -0.25) is 4.79 Å². The topological polar surface area (TPSA) is 106 Å². The van der Waals surface area contributed by atoms with Gasteiger partial charge in [-0.15, -0.1) is 0 Å². The molecule has 17 heavy (non-hydrogen) atoms. The molecule has 1 rings (SSSR count). The molecule has 90 valence electrons. The van der Waals surface area contributed by atoms with E-state index < -0.39 is 24.3 Å². The highest BCUT2D eigenvalue weighted by atomic mass is 16.5. The predicted octanol–water partition coefficient (Wildman–Crippen LogP) is -0.0556. The molecule has 0 aliphatic heterocycles. The standard InChI is InChI=1S/C11H12N2O4/c12-10(14)6-9(11(15)16)13(17)7-8-4-2-1-3-5-8/h1-5,7,9H,6H2,(H2,12,14)(H,15,16)/b13-7-. The van der Waals surface area contributed by atoms with E-state index in [-0.39, 0.29) is 4.74 Å². The Balaban J connectivity index is 2.92. The minimum absolute atomic E-state index is 0.225. The fourth-order valence-corrected chi connectivity index (χ4v) is 1.25. The predicted molar refractivity (Wildman–Crippen MR) is 60.5 cm³/mol. The van der Waals surface area contributed by atoms with Gasteiger partial charge >= 0.3 is 5.97 Å². The highest BCUT2D eigenvalue weighted by Gasteiger charge is 2.27. The monoisotopic (exact) mass is 236 g/mol. The number of nitrogens with zero attached hydrogens (tertiary/aromatic N) is 1. The number of benzene rings is 1. The summed E-state index contributed by atoms with van der Waals surface area (Å²) < 4.78 is 0.225. The number of rotatable bonds is 5. The average Bonchev–Trinajstić information content (AvgIpc) is 2.26. The maximum absolute atomic E-state index is 11.6. The lowest BCUT2D eigenvalue weighted by molar-refractivity contribution is -0.483. The number of carboxylic acid groups (broad SMARTS) is 1. The van der Waals surface area contributed by atoms with Crippen LogP contribution in [-0.4, -0.2) is 34.0 Å². The SMILES string of the molecule is NC(=O)CC(C(=O)O)/[N+]([O-])=C/c1ccccc1. The van der Waals surface area contributed by atoms with Crippen molar-refractivity contribution in [3.05, 3.63) is 41.1 Å². The van der Waals surface area contributed by atoms with E-state index in [0.717, 1.165) is 6.21 Å². The number of carboxylic acids is 1. The Morgan fingerprint density at radius 2 is 2.00 bits per heavy atom. The van der Waals surface area contributed by atoms with Crippen LogP contribution in [-0.2, 0) is 9.59 Å². The summed E-state index contributed by atoms with van der Waals surface area (Å²) in [6.07, 6.45) is 0.587. The summed E-state index contributed by atoms with van der Waals surface area (Å²) in [6.45, 7) is 0. The molecular formula is C11H12N2O4. The summed E-state index contributed by atoms with van der Waals surface area (Å²) in [7, 11) is 0. The molecule has 6 heteroatoms. The zero-order valence-electron chi connectivity index (χ0n) is 8.95. The van der Waals surface area contributed by atoms with Gasteiger partial charge < -0.3 is 16.0 Å². The Labute approximate surface area is 97.6 Å². The van der Waals surface area contributed by atoms with E-state index in [9.17, 15) is 14.8 Å². The third-order valence-corrected chi connectivity index (χ3v) is 2.06. The minimum atomic E-state index is -1.49. The normalized spacial score (nSPS) is 13.1. The smallest absolute Gasteiger partial charge is 0.374 e. The van der Waals surface area contributed by atoms with Crippen LogP contribution < -0.4 is 5.73 Å². The minimum Gasteiger partial charge on any atom is -0.623 e. The van der Waals surface area contributed by atoms with Crippen LogP contribution in [0, 0.1) is 5.21 Å². The van der Waals surface area contributed by atoms with E-state index >= 15 is 0 Å². The number of hydrogen-bond acceptors (Lipinski definition) is 3. The van der Waals surface area contributed by atoms with Gasteiger partial charge in [0.25, 0.3) is 6.04 Å². The molecule has 0 radical (unpaired) electrons. The first-order valence-electron chi connectivity index (χ1n) is 4.87. The van der Waals surface area contributed by atoms with Crippen molar-refractivity contribution in [1.29, 1.82) is 0 Å². The molecule has 1 unspecified atom stereocenters. The van der Waals surface area contributed by atoms with E-state index in [0.29, 0.717) is 5.56 Å². The van der Waals surface area contributed by atoms with Crippen LogP contribution >= 0.6 is 0 Å². The fourth-order valence-electron chi connectivity index (χ4n) is 1.25. The number of aliphatic carboxylic acids is 1. The quantitative estimate of drug-likeness (QED) is 0.323. The van der Waals surface area contributed by atoms with Gasteiger partial charge in [-0.25, -0.2) is 4.79 Å². The van der Waals surface area contributed by atoms with E-state index in [4.69, 9.17) is 10.8 Å².